The molecule has 0 aliphatic carbocycles. The summed E-state index contributed by atoms with van der Waals surface area (Å²) >= 11 is 0. The summed E-state index contributed by atoms with van der Waals surface area (Å²) in [5.41, 5.74) is 2.23. The first-order valence-corrected chi connectivity index (χ1v) is 8.79. The highest BCUT2D eigenvalue weighted by atomic mass is 16.5. The van der Waals surface area contributed by atoms with Gasteiger partial charge in [-0.3, -0.25) is 9.69 Å². The molecule has 6 heteroatoms. The molecular weight excluding hydrogens is 318 g/mol. The number of β-amino-alcohol motifs (C(OH)–C–C–N with tert-alkyl or cyclic N) is 1. The van der Waals surface area contributed by atoms with Crippen molar-refractivity contribution in [2.75, 3.05) is 39.4 Å². The fourth-order valence-electron chi connectivity index (χ4n) is 3.41. The molecule has 1 aliphatic heterocycles. The predicted octanol–water partition coefficient (Wildman–Crippen LogP) is 1.22. The number of carbonyl (C=O) groups is 1. The number of rotatable bonds is 6. The second-order valence-corrected chi connectivity index (χ2v) is 7.15. The summed E-state index contributed by atoms with van der Waals surface area (Å²) in [6, 6.07) is 6.06. The number of H-pyrrole nitrogens is 1. The van der Waals surface area contributed by atoms with Gasteiger partial charge in [-0.2, -0.15) is 0 Å². The lowest BCUT2D eigenvalue weighted by molar-refractivity contribution is -0.121. The number of aromatic amines is 1. The molecule has 1 saturated heterocycles. The van der Waals surface area contributed by atoms with Crippen molar-refractivity contribution in [3.8, 4) is 0 Å². The first-order valence-electron chi connectivity index (χ1n) is 8.79. The van der Waals surface area contributed by atoms with Crippen molar-refractivity contribution >= 4 is 16.8 Å². The van der Waals surface area contributed by atoms with E-state index in [1.54, 1.807) is 6.92 Å². The first-order chi connectivity index (χ1) is 11.9. The van der Waals surface area contributed by atoms with Crippen molar-refractivity contribution < 1.29 is 14.6 Å². The minimum Gasteiger partial charge on any atom is -0.387 e. The summed E-state index contributed by atoms with van der Waals surface area (Å²) in [4.78, 5) is 17.7. The summed E-state index contributed by atoms with van der Waals surface area (Å²) in [5, 5.41) is 14.5. The molecule has 25 heavy (non-hydrogen) atoms. The summed E-state index contributed by atoms with van der Waals surface area (Å²) in [6.45, 7) is 7.61. The van der Waals surface area contributed by atoms with Crippen molar-refractivity contribution in [2.45, 2.75) is 25.9 Å². The van der Waals surface area contributed by atoms with Gasteiger partial charge < -0.3 is 20.1 Å². The smallest absolute Gasteiger partial charge is 0.224 e. The molecular formula is C19H27N3O3. The number of aryl methyl sites for hydroxylation is 1. The monoisotopic (exact) mass is 345 g/mol. The van der Waals surface area contributed by atoms with Gasteiger partial charge in [0.2, 0.25) is 5.91 Å². The van der Waals surface area contributed by atoms with Crippen molar-refractivity contribution in [1.82, 2.24) is 15.2 Å². The van der Waals surface area contributed by atoms with Crippen LogP contribution in [0, 0.1) is 6.92 Å². The van der Waals surface area contributed by atoms with E-state index in [-0.39, 0.29) is 12.5 Å². The Morgan fingerprint density at radius 1 is 1.40 bits per heavy atom. The van der Waals surface area contributed by atoms with Crippen LogP contribution in [0.1, 0.15) is 18.1 Å². The number of amides is 1. The number of aromatic nitrogens is 1. The lowest BCUT2D eigenvalue weighted by Crippen LogP contribution is -2.51. The first kappa shape index (κ1) is 17.9. The number of hydrogen-bond acceptors (Lipinski definition) is 4. The molecule has 1 atom stereocenters. The highest BCUT2D eigenvalue weighted by Gasteiger charge is 2.26. The van der Waals surface area contributed by atoms with Gasteiger partial charge in [-0.25, -0.2) is 0 Å². The average molecular weight is 345 g/mol. The summed E-state index contributed by atoms with van der Waals surface area (Å²) < 4.78 is 5.32. The number of nitrogens with zero attached hydrogens (tertiary/aromatic N) is 1. The second kappa shape index (κ2) is 7.56. The van der Waals surface area contributed by atoms with Gasteiger partial charge in [0, 0.05) is 43.3 Å². The van der Waals surface area contributed by atoms with E-state index in [0.717, 1.165) is 35.1 Å². The van der Waals surface area contributed by atoms with Crippen molar-refractivity contribution in [1.29, 1.82) is 0 Å². The Morgan fingerprint density at radius 2 is 2.16 bits per heavy atom. The van der Waals surface area contributed by atoms with Gasteiger partial charge in [-0.05, 0) is 31.0 Å². The highest BCUT2D eigenvalue weighted by molar-refractivity contribution is 5.91. The van der Waals surface area contributed by atoms with Crippen LogP contribution in [-0.4, -0.2) is 65.9 Å². The van der Waals surface area contributed by atoms with Gasteiger partial charge in [-0.1, -0.05) is 12.1 Å². The molecule has 0 saturated carbocycles. The third kappa shape index (κ3) is 4.60. The Balaban J connectivity index is 1.55. The van der Waals surface area contributed by atoms with Crippen molar-refractivity contribution in [3.05, 3.63) is 35.5 Å². The molecule has 1 aliphatic rings. The quantitative estimate of drug-likeness (QED) is 0.736. The SMILES string of the molecule is Cc1cccc2[nH]cc(CC(=O)NCC(C)(O)CN3CCOCC3)c12. The minimum absolute atomic E-state index is 0.0774. The van der Waals surface area contributed by atoms with E-state index < -0.39 is 5.60 Å². The summed E-state index contributed by atoms with van der Waals surface area (Å²) in [6.07, 6.45) is 2.20. The van der Waals surface area contributed by atoms with E-state index in [1.807, 2.05) is 31.3 Å². The highest BCUT2D eigenvalue weighted by Crippen LogP contribution is 2.22. The lowest BCUT2D eigenvalue weighted by Gasteiger charge is -2.33. The van der Waals surface area contributed by atoms with Gasteiger partial charge in [0.15, 0.2) is 0 Å². The fourth-order valence-corrected chi connectivity index (χ4v) is 3.41. The zero-order valence-electron chi connectivity index (χ0n) is 15.0. The molecule has 1 aromatic carbocycles. The minimum atomic E-state index is -0.955. The van der Waals surface area contributed by atoms with E-state index in [1.165, 1.54) is 0 Å². The van der Waals surface area contributed by atoms with Crippen LogP contribution in [0.3, 0.4) is 0 Å². The topological polar surface area (TPSA) is 77.6 Å². The molecule has 0 spiro atoms. The van der Waals surface area contributed by atoms with Crippen LogP contribution in [0.25, 0.3) is 10.9 Å². The van der Waals surface area contributed by atoms with Crippen LogP contribution in [0.15, 0.2) is 24.4 Å². The standard InChI is InChI=1S/C19H27N3O3/c1-14-4-3-5-16-18(14)15(11-20-16)10-17(23)21-12-19(2,24)13-22-6-8-25-9-7-22/h3-5,11,20,24H,6-10,12-13H2,1-2H3,(H,21,23). The lowest BCUT2D eigenvalue weighted by atomic mass is 10.0. The Bertz CT molecular complexity index is 733. The van der Waals surface area contributed by atoms with Gasteiger partial charge in [-0.15, -0.1) is 0 Å². The molecule has 2 heterocycles. The number of benzene rings is 1. The molecule has 1 aromatic heterocycles. The zero-order valence-corrected chi connectivity index (χ0v) is 15.0. The number of carbonyl (C=O) groups excluding carboxylic acids is 1. The molecule has 6 nitrogen and oxygen atoms in total. The Morgan fingerprint density at radius 3 is 2.92 bits per heavy atom. The van der Waals surface area contributed by atoms with Crippen LogP contribution < -0.4 is 5.32 Å². The number of hydrogen-bond donors (Lipinski definition) is 3. The van der Waals surface area contributed by atoms with Crippen LogP contribution >= 0.6 is 0 Å². The van der Waals surface area contributed by atoms with E-state index in [9.17, 15) is 9.90 Å². The number of morpholine rings is 1. The Hall–Kier alpha value is -1.89. The van der Waals surface area contributed by atoms with Crippen molar-refractivity contribution in [3.63, 3.8) is 0 Å². The summed E-state index contributed by atoms with van der Waals surface area (Å²) in [5.74, 6) is -0.0774. The maximum Gasteiger partial charge on any atom is 0.224 e. The number of fused-ring (bicyclic) bond motifs is 1. The maximum atomic E-state index is 12.3. The van der Waals surface area contributed by atoms with Crippen LogP contribution in [0.2, 0.25) is 0 Å². The van der Waals surface area contributed by atoms with Crippen LogP contribution in [0.4, 0.5) is 0 Å². The third-order valence-electron chi connectivity index (χ3n) is 4.68. The fraction of sp³-hybridized carbons (Fsp3) is 0.526. The van der Waals surface area contributed by atoms with Crippen LogP contribution in [-0.2, 0) is 16.0 Å². The Labute approximate surface area is 148 Å². The van der Waals surface area contributed by atoms with Gasteiger partial charge in [0.1, 0.15) is 0 Å². The van der Waals surface area contributed by atoms with E-state index in [2.05, 4.69) is 15.2 Å². The van der Waals surface area contributed by atoms with Gasteiger partial charge >= 0.3 is 0 Å². The Kier molecular flexibility index (Phi) is 5.42. The largest absolute Gasteiger partial charge is 0.387 e. The summed E-state index contributed by atoms with van der Waals surface area (Å²) in [7, 11) is 0. The molecule has 1 amide bonds. The van der Waals surface area contributed by atoms with Crippen LogP contribution in [0.5, 0.6) is 0 Å². The number of ether oxygens (including phenoxy) is 1. The zero-order chi connectivity index (χ0) is 17.9. The molecule has 3 rings (SSSR count). The van der Waals surface area contributed by atoms with Crippen molar-refractivity contribution in [2.24, 2.45) is 0 Å². The molecule has 3 N–H and O–H groups in total. The maximum absolute atomic E-state index is 12.3. The molecule has 0 radical (unpaired) electrons. The molecule has 136 valence electrons. The average Bonchev–Trinajstić information content (AvgIpc) is 2.98. The second-order valence-electron chi connectivity index (χ2n) is 7.15. The van der Waals surface area contributed by atoms with Gasteiger partial charge in [0.25, 0.3) is 0 Å². The third-order valence-corrected chi connectivity index (χ3v) is 4.68. The molecule has 0 bridgehead atoms. The predicted molar refractivity (Wildman–Crippen MR) is 97.6 cm³/mol. The van der Waals surface area contributed by atoms with E-state index >= 15 is 0 Å². The number of nitrogens with one attached hydrogen (secondary N) is 2. The number of aliphatic hydroxyl groups is 1. The van der Waals surface area contributed by atoms with E-state index in [0.29, 0.717) is 26.2 Å². The van der Waals surface area contributed by atoms with E-state index in [4.69, 9.17) is 4.74 Å². The normalized spacial score (nSPS) is 18.2. The molecule has 2 aromatic rings. The van der Waals surface area contributed by atoms with Gasteiger partial charge in [0.05, 0.1) is 25.2 Å². The molecule has 1 fully saturated rings. The molecule has 1 unspecified atom stereocenters.